The van der Waals surface area contributed by atoms with Crippen LogP contribution in [0, 0.1) is 6.92 Å². The molecular formula is C15H12F3NO3. The Morgan fingerprint density at radius 2 is 2.00 bits per heavy atom. The largest absolute Gasteiger partial charge is 0.487 e. The molecule has 0 spiro atoms. The summed E-state index contributed by atoms with van der Waals surface area (Å²) in [5.41, 5.74) is 0.150. The van der Waals surface area contributed by atoms with Crippen molar-refractivity contribution in [1.82, 2.24) is 4.98 Å². The number of aromatic nitrogens is 1. The fourth-order valence-corrected chi connectivity index (χ4v) is 1.78. The molecule has 1 aromatic heterocycles. The van der Waals surface area contributed by atoms with Crippen LogP contribution >= 0.6 is 0 Å². The molecule has 0 aliphatic carbocycles. The van der Waals surface area contributed by atoms with E-state index in [0.717, 1.165) is 12.1 Å². The summed E-state index contributed by atoms with van der Waals surface area (Å²) in [5.74, 6) is -0.768. The Balaban J connectivity index is 2.07. The zero-order valence-electron chi connectivity index (χ0n) is 11.5. The molecule has 0 fully saturated rings. The maximum absolute atomic E-state index is 12.6. The number of carbonyl (C=O) groups is 1. The number of aryl methyl sites for hydroxylation is 1. The van der Waals surface area contributed by atoms with Crippen molar-refractivity contribution < 1.29 is 27.8 Å². The maximum atomic E-state index is 12.6. The topological polar surface area (TPSA) is 59.4 Å². The van der Waals surface area contributed by atoms with Crippen molar-refractivity contribution in [2.75, 3.05) is 0 Å². The highest BCUT2D eigenvalue weighted by molar-refractivity contribution is 5.87. The van der Waals surface area contributed by atoms with Crippen molar-refractivity contribution >= 4 is 5.97 Å². The molecule has 0 bridgehead atoms. The van der Waals surface area contributed by atoms with Gasteiger partial charge in [-0.05, 0) is 42.8 Å². The monoisotopic (exact) mass is 311 g/mol. The van der Waals surface area contributed by atoms with Crippen molar-refractivity contribution in [3.05, 3.63) is 58.9 Å². The molecule has 0 aliphatic heterocycles. The van der Waals surface area contributed by atoms with E-state index in [1.165, 1.54) is 31.3 Å². The predicted octanol–water partition coefficient (Wildman–Crippen LogP) is 3.69. The van der Waals surface area contributed by atoms with Crippen LogP contribution in [0.15, 0.2) is 36.5 Å². The standard InChI is InChI=1S/C15H12F3NO3/c1-9-6-11(15(16,17)18)3-5-13(9)22-8-12-4-2-10(7-19-12)14(20)21/h2-7H,8H2,1H3,(H,20,21). The molecule has 2 rings (SSSR count). The average molecular weight is 311 g/mol. The second-order valence-electron chi connectivity index (χ2n) is 4.61. The van der Waals surface area contributed by atoms with Crippen LogP contribution < -0.4 is 4.74 Å². The fraction of sp³-hybridized carbons (Fsp3) is 0.200. The normalized spacial score (nSPS) is 11.3. The van der Waals surface area contributed by atoms with Crippen molar-refractivity contribution in [2.24, 2.45) is 0 Å². The van der Waals surface area contributed by atoms with E-state index in [4.69, 9.17) is 9.84 Å². The van der Waals surface area contributed by atoms with Crippen LogP contribution in [0.25, 0.3) is 0 Å². The molecule has 116 valence electrons. The number of benzene rings is 1. The quantitative estimate of drug-likeness (QED) is 0.935. The van der Waals surface area contributed by atoms with Crippen LogP contribution in [-0.4, -0.2) is 16.1 Å². The van der Waals surface area contributed by atoms with Gasteiger partial charge in [0.05, 0.1) is 16.8 Å². The van der Waals surface area contributed by atoms with Gasteiger partial charge in [-0.2, -0.15) is 13.2 Å². The molecule has 1 N–H and O–H groups in total. The van der Waals surface area contributed by atoms with Gasteiger partial charge in [0, 0.05) is 6.20 Å². The summed E-state index contributed by atoms with van der Waals surface area (Å²) < 4.78 is 43.1. The number of nitrogens with zero attached hydrogens (tertiary/aromatic N) is 1. The minimum absolute atomic E-state index is 0.0338. The first-order valence-corrected chi connectivity index (χ1v) is 6.26. The van der Waals surface area contributed by atoms with E-state index in [1.54, 1.807) is 0 Å². The second kappa shape index (κ2) is 6.05. The highest BCUT2D eigenvalue weighted by Gasteiger charge is 2.30. The maximum Gasteiger partial charge on any atom is 0.416 e. The second-order valence-corrected chi connectivity index (χ2v) is 4.61. The van der Waals surface area contributed by atoms with Crippen LogP contribution in [0.2, 0.25) is 0 Å². The molecule has 0 atom stereocenters. The summed E-state index contributed by atoms with van der Waals surface area (Å²) in [6, 6.07) is 6.08. The van der Waals surface area contributed by atoms with E-state index < -0.39 is 17.7 Å². The number of carboxylic acid groups (broad SMARTS) is 1. The number of pyridine rings is 1. The number of aromatic carboxylic acids is 1. The average Bonchev–Trinajstić information content (AvgIpc) is 2.45. The Hall–Kier alpha value is -2.57. The molecule has 0 radical (unpaired) electrons. The number of hydrogen-bond donors (Lipinski definition) is 1. The number of carboxylic acids is 1. The van der Waals surface area contributed by atoms with Crippen LogP contribution in [0.3, 0.4) is 0 Å². The zero-order valence-corrected chi connectivity index (χ0v) is 11.5. The first kappa shape index (κ1) is 15.8. The molecule has 0 aliphatic rings. The lowest BCUT2D eigenvalue weighted by Gasteiger charge is -2.12. The van der Waals surface area contributed by atoms with Crippen LogP contribution in [0.4, 0.5) is 13.2 Å². The molecule has 22 heavy (non-hydrogen) atoms. The first-order chi connectivity index (χ1) is 10.3. The van der Waals surface area contributed by atoms with Crippen molar-refractivity contribution in [2.45, 2.75) is 19.7 Å². The summed E-state index contributed by atoms with van der Waals surface area (Å²) >= 11 is 0. The third-order valence-corrected chi connectivity index (χ3v) is 2.95. The molecule has 7 heteroatoms. The molecule has 1 heterocycles. The zero-order chi connectivity index (χ0) is 16.3. The molecule has 1 aromatic carbocycles. The van der Waals surface area contributed by atoms with Crippen molar-refractivity contribution in [1.29, 1.82) is 0 Å². The molecule has 0 amide bonds. The lowest BCUT2D eigenvalue weighted by atomic mass is 10.1. The smallest absolute Gasteiger partial charge is 0.416 e. The third kappa shape index (κ3) is 3.75. The highest BCUT2D eigenvalue weighted by Crippen LogP contribution is 2.32. The predicted molar refractivity (Wildman–Crippen MR) is 71.7 cm³/mol. The van der Waals surface area contributed by atoms with E-state index >= 15 is 0 Å². The Morgan fingerprint density at radius 1 is 1.27 bits per heavy atom. The summed E-state index contributed by atoms with van der Waals surface area (Å²) in [6.45, 7) is 1.55. The number of alkyl halides is 3. The van der Waals surface area contributed by atoms with Gasteiger partial charge in [0.1, 0.15) is 12.4 Å². The highest BCUT2D eigenvalue weighted by atomic mass is 19.4. The Labute approximate surface area is 124 Å². The number of halogens is 3. The van der Waals surface area contributed by atoms with Gasteiger partial charge >= 0.3 is 12.1 Å². The van der Waals surface area contributed by atoms with Crippen molar-refractivity contribution in [3.8, 4) is 5.75 Å². The summed E-state index contributed by atoms with van der Waals surface area (Å²) in [6.07, 6.45) is -3.20. The summed E-state index contributed by atoms with van der Waals surface area (Å²) in [5, 5.41) is 8.75. The summed E-state index contributed by atoms with van der Waals surface area (Å²) in [7, 11) is 0. The van der Waals surface area contributed by atoms with Gasteiger partial charge in [-0.15, -0.1) is 0 Å². The fourth-order valence-electron chi connectivity index (χ4n) is 1.78. The Morgan fingerprint density at radius 3 is 2.50 bits per heavy atom. The van der Waals surface area contributed by atoms with E-state index in [2.05, 4.69) is 4.98 Å². The Bertz CT molecular complexity index is 681. The molecule has 0 unspecified atom stereocenters. The molecule has 0 saturated heterocycles. The Kier molecular flexibility index (Phi) is 4.35. The minimum Gasteiger partial charge on any atom is -0.487 e. The lowest BCUT2D eigenvalue weighted by molar-refractivity contribution is -0.137. The van der Waals surface area contributed by atoms with E-state index in [-0.39, 0.29) is 12.2 Å². The van der Waals surface area contributed by atoms with Crippen LogP contribution in [0.1, 0.15) is 27.2 Å². The van der Waals surface area contributed by atoms with Gasteiger partial charge in [0.2, 0.25) is 0 Å². The van der Waals surface area contributed by atoms with Gasteiger partial charge in [-0.1, -0.05) is 0 Å². The minimum atomic E-state index is -4.39. The number of rotatable bonds is 4. The SMILES string of the molecule is Cc1cc(C(F)(F)F)ccc1OCc1ccc(C(=O)O)cn1. The van der Waals surface area contributed by atoms with Gasteiger partial charge < -0.3 is 9.84 Å². The van der Waals surface area contributed by atoms with E-state index in [1.807, 2.05) is 0 Å². The van der Waals surface area contributed by atoms with Gasteiger partial charge in [0.15, 0.2) is 0 Å². The summed E-state index contributed by atoms with van der Waals surface area (Å²) in [4.78, 5) is 14.6. The van der Waals surface area contributed by atoms with Crippen LogP contribution in [0.5, 0.6) is 5.75 Å². The van der Waals surface area contributed by atoms with Gasteiger partial charge in [-0.3, -0.25) is 4.98 Å². The molecule has 4 nitrogen and oxygen atoms in total. The number of hydrogen-bond acceptors (Lipinski definition) is 3. The third-order valence-electron chi connectivity index (χ3n) is 2.95. The van der Waals surface area contributed by atoms with Crippen LogP contribution in [-0.2, 0) is 12.8 Å². The molecule has 0 saturated carbocycles. The molecular weight excluding hydrogens is 299 g/mol. The van der Waals surface area contributed by atoms with E-state index in [0.29, 0.717) is 17.0 Å². The van der Waals surface area contributed by atoms with Gasteiger partial charge in [-0.25, -0.2) is 4.79 Å². The first-order valence-electron chi connectivity index (χ1n) is 6.26. The van der Waals surface area contributed by atoms with E-state index in [9.17, 15) is 18.0 Å². The number of ether oxygens (including phenoxy) is 1. The molecule has 2 aromatic rings. The van der Waals surface area contributed by atoms with Crippen molar-refractivity contribution in [3.63, 3.8) is 0 Å². The lowest BCUT2D eigenvalue weighted by Crippen LogP contribution is -2.06. The van der Waals surface area contributed by atoms with Gasteiger partial charge in [0.25, 0.3) is 0 Å².